The molecule has 0 atom stereocenters. The third kappa shape index (κ3) is 5.09. The van der Waals surface area contributed by atoms with Gasteiger partial charge in [0.25, 0.3) is 0 Å². The zero-order valence-corrected chi connectivity index (χ0v) is 19.7. The Morgan fingerprint density at radius 1 is 1.09 bits per heavy atom. The molecule has 0 spiro atoms. The summed E-state index contributed by atoms with van der Waals surface area (Å²) in [5.41, 5.74) is -1.81. The molecule has 0 aliphatic carbocycles. The maximum Gasteiger partial charge on any atom is 0.232 e. The molecule has 9 heteroatoms. The summed E-state index contributed by atoms with van der Waals surface area (Å²) >= 11 is 0. The van der Waals surface area contributed by atoms with E-state index in [-0.39, 0.29) is 34.0 Å². The Labute approximate surface area is 195 Å². The number of ether oxygens (including phenoxy) is 1. The monoisotopic (exact) mass is 476 g/mol. The number of nitrogens with one attached hydrogen (secondary N) is 1. The van der Waals surface area contributed by atoms with Gasteiger partial charge in [0.05, 0.1) is 16.8 Å². The first-order chi connectivity index (χ1) is 16.0. The van der Waals surface area contributed by atoms with Crippen molar-refractivity contribution >= 4 is 28.3 Å². The first-order valence-corrected chi connectivity index (χ1v) is 10.7. The molecule has 0 bridgehead atoms. The zero-order valence-electron chi connectivity index (χ0n) is 19.7. The average Bonchev–Trinajstić information content (AvgIpc) is 2.76. The number of hydrogen-bond donors (Lipinski definition) is 1. The molecule has 0 fully saturated rings. The van der Waals surface area contributed by atoms with Crippen molar-refractivity contribution < 1.29 is 27.1 Å². The van der Waals surface area contributed by atoms with Gasteiger partial charge in [0.1, 0.15) is 17.4 Å². The van der Waals surface area contributed by atoms with E-state index < -0.39 is 33.9 Å². The van der Waals surface area contributed by atoms with Gasteiger partial charge < -0.3 is 19.4 Å². The number of anilines is 2. The van der Waals surface area contributed by atoms with Crippen molar-refractivity contribution in [3.8, 4) is 11.3 Å². The first kappa shape index (κ1) is 25.3. The van der Waals surface area contributed by atoms with Crippen LogP contribution < -0.4 is 15.6 Å². The van der Waals surface area contributed by atoms with Crippen molar-refractivity contribution in [3.05, 3.63) is 58.0 Å². The van der Waals surface area contributed by atoms with E-state index in [9.17, 15) is 22.8 Å². The third-order valence-electron chi connectivity index (χ3n) is 5.27. The summed E-state index contributed by atoms with van der Waals surface area (Å²) in [6, 6.07) is 5.62. The predicted molar refractivity (Wildman–Crippen MR) is 126 cm³/mol. The first-order valence-electron chi connectivity index (χ1n) is 10.7. The van der Waals surface area contributed by atoms with E-state index in [1.54, 1.807) is 20.8 Å². The fourth-order valence-corrected chi connectivity index (χ4v) is 3.56. The van der Waals surface area contributed by atoms with Crippen molar-refractivity contribution in [3.63, 3.8) is 0 Å². The van der Waals surface area contributed by atoms with Crippen LogP contribution in [0.15, 0.2) is 39.5 Å². The second-order valence-corrected chi connectivity index (χ2v) is 8.95. The molecule has 2 aromatic carbocycles. The van der Waals surface area contributed by atoms with Gasteiger partial charge in [-0.25, -0.2) is 13.2 Å². The van der Waals surface area contributed by atoms with Crippen LogP contribution in [-0.2, 0) is 9.53 Å². The number of rotatable bonds is 7. The standard InChI is InChI=1S/C25H27F3N2O4/c1-25(2,3)24(32)30(4)18-8-7-14(11-15(18)26)20-13-19(31)21-22(29-9-6-10-33-5)16(27)12-17(28)23(21)34-20/h7-8,11-13,29H,6,9-10H2,1-5H3. The highest BCUT2D eigenvalue weighted by Crippen LogP contribution is 2.32. The number of hydrogen-bond acceptors (Lipinski definition) is 5. The molecular formula is C25H27F3N2O4. The summed E-state index contributed by atoms with van der Waals surface area (Å²) in [5.74, 6) is -3.08. The lowest BCUT2D eigenvalue weighted by Gasteiger charge is -2.26. The summed E-state index contributed by atoms with van der Waals surface area (Å²) in [7, 11) is 2.99. The van der Waals surface area contributed by atoms with E-state index in [0.717, 1.165) is 12.1 Å². The Kier molecular flexibility index (Phi) is 7.35. The van der Waals surface area contributed by atoms with E-state index in [1.807, 2.05) is 0 Å². The largest absolute Gasteiger partial charge is 0.453 e. The Morgan fingerprint density at radius 3 is 2.41 bits per heavy atom. The van der Waals surface area contributed by atoms with Crippen LogP contribution >= 0.6 is 0 Å². The molecule has 182 valence electrons. The van der Waals surface area contributed by atoms with Crippen LogP contribution in [-0.4, -0.2) is 33.2 Å². The van der Waals surface area contributed by atoms with E-state index >= 15 is 0 Å². The van der Waals surface area contributed by atoms with Gasteiger partial charge in [-0.3, -0.25) is 9.59 Å². The number of carbonyl (C=O) groups excluding carboxylic acids is 1. The number of amides is 1. The summed E-state index contributed by atoms with van der Waals surface area (Å²) in [6.45, 7) is 5.88. The van der Waals surface area contributed by atoms with E-state index in [4.69, 9.17) is 9.15 Å². The number of methoxy groups -OCH3 is 1. The van der Waals surface area contributed by atoms with Gasteiger partial charge in [0.15, 0.2) is 16.8 Å². The summed E-state index contributed by atoms with van der Waals surface area (Å²) in [5, 5.41) is 2.52. The number of halogens is 3. The van der Waals surface area contributed by atoms with Gasteiger partial charge in [-0.2, -0.15) is 0 Å². The molecule has 34 heavy (non-hydrogen) atoms. The quantitative estimate of drug-likeness (QED) is 0.467. The molecule has 1 heterocycles. The number of fused-ring (bicyclic) bond motifs is 1. The second kappa shape index (κ2) is 9.89. The fraction of sp³-hybridized carbons (Fsp3) is 0.360. The summed E-state index contributed by atoms with van der Waals surface area (Å²) < 4.78 is 54.4. The van der Waals surface area contributed by atoms with Crippen LogP contribution in [0, 0.1) is 22.9 Å². The normalized spacial score (nSPS) is 11.6. The molecule has 0 saturated heterocycles. The molecule has 6 nitrogen and oxygen atoms in total. The number of benzene rings is 2. The van der Waals surface area contributed by atoms with E-state index in [2.05, 4.69) is 5.32 Å². The minimum atomic E-state index is -1.05. The molecule has 0 saturated carbocycles. The highest BCUT2D eigenvalue weighted by molar-refractivity contribution is 5.97. The van der Waals surface area contributed by atoms with E-state index in [1.165, 1.54) is 31.2 Å². The van der Waals surface area contributed by atoms with Gasteiger partial charge in [0.2, 0.25) is 5.91 Å². The second-order valence-electron chi connectivity index (χ2n) is 8.95. The highest BCUT2D eigenvalue weighted by Gasteiger charge is 2.27. The van der Waals surface area contributed by atoms with Crippen molar-refractivity contribution in [2.24, 2.45) is 5.41 Å². The topological polar surface area (TPSA) is 71.8 Å². The van der Waals surface area contributed by atoms with Crippen LogP contribution in [0.1, 0.15) is 27.2 Å². The van der Waals surface area contributed by atoms with Gasteiger partial charge in [-0.1, -0.05) is 20.8 Å². The molecular weight excluding hydrogens is 449 g/mol. The van der Waals surface area contributed by atoms with Crippen LogP contribution in [0.4, 0.5) is 24.5 Å². The predicted octanol–water partition coefficient (Wildman–Crippen LogP) is 5.33. The molecule has 3 aromatic rings. The Hall–Kier alpha value is -3.33. The SMILES string of the molecule is COCCCNc1c(F)cc(F)c2oc(-c3ccc(N(C)C(=O)C(C)(C)C)c(F)c3)cc(=O)c12. The maximum absolute atomic E-state index is 14.9. The van der Waals surface area contributed by atoms with E-state index in [0.29, 0.717) is 25.6 Å². The molecule has 1 N–H and O–H groups in total. The van der Waals surface area contributed by atoms with Crippen molar-refractivity contribution in [2.45, 2.75) is 27.2 Å². The molecule has 1 aromatic heterocycles. The fourth-order valence-electron chi connectivity index (χ4n) is 3.56. The number of nitrogens with zero attached hydrogens (tertiary/aromatic N) is 1. The lowest BCUT2D eigenvalue weighted by atomic mass is 9.94. The zero-order chi connectivity index (χ0) is 25.2. The smallest absolute Gasteiger partial charge is 0.232 e. The van der Waals surface area contributed by atoms with Gasteiger partial charge >= 0.3 is 0 Å². The van der Waals surface area contributed by atoms with Crippen LogP contribution in [0.5, 0.6) is 0 Å². The molecule has 0 aliphatic rings. The minimum Gasteiger partial charge on any atom is -0.453 e. The Balaban J connectivity index is 2.04. The third-order valence-corrected chi connectivity index (χ3v) is 5.27. The minimum absolute atomic E-state index is 0.0441. The molecule has 3 rings (SSSR count). The maximum atomic E-state index is 14.9. The molecule has 0 aliphatic heterocycles. The summed E-state index contributed by atoms with van der Waals surface area (Å²) in [6.07, 6.45) is 0.538. The van der Waals surface area contributed by atoms with Gasteiger partial charge in [-0.15, -0.1) is 0 Å². The highest BCUT2D eigenvalue weighted by atomic mass is 19.1. The van der Waals surface area contributed by atoms with Crippen molar-refractivity contribution in [2.75, 3.05) is 37.5 Å². The van der Waals surface area contributed by atoms with Crippen molar-refractivity contribution in [1.82, 2.24) is 0 Å². The molecule has 1 amide bonds. The molecule has 0 unspecified atom stereocenters. The van der Waals surface area contributed by atoms with Crippen molar-refractivity contribution in [1.29, 1.82) is 0 Å². The van der Waals surface area contributed by atoms with Crippen LogP contribution in [0.3, 0.4) is 0 Å². The van der Waals surface area contributed by atoms with Crippen LogP contribution in [0.25, 0.3) is 22.3 Å². The summed E-state index contributed by atoms with van der Waals surface area (Å²) in [4.78, 5) is 26.5. The number of carbonyl (C=O) groups is 1. The lowest BCUT2D eigenvalue weighted by Crippen LogP contribution is -2.37. The van der Waals surface area contributed by atoms with Crippen LogP contribution in [0.2, 0.25) is 0 Å². The molecule has 0 radical (unpaired) electrons. The Morgan fingerprint density at radius 2 is 1.79 bits per heavy atom. The van der Waals surface area contributed by atoms with Gasteiger partial charge in [0, 0.05) is 50.4 Å². The van der Waals surface area contributed by atoms with Gasteiger partial charge in [-0.05, 0) is 24.6 Å². The lowest BCUT2D eigenvalue weighted by molar-refractivity contribution is -0.125. The Bertz CT molecular complexity index is 1280. The average molecular weight is 476 g/mol.